The third kappa shape index (κ3) is 5.09. The summed E-state index contributed by atoms with van der Waals surface area (Å²) >= 11 is 0. The smallest absolute Gasteiger partial charge is 0.274 e. The Labute approximate surface area is 176 Å². The van der Waals surface area contributed by atoms with E-state index in [9.17, 15) is 14.4 Å². The van der Waals surface area contributed by atoms with Crippen LogP contribution in [0.5, 0.6) is 5.75 Å². The number of nitrogens with one attached hydrogen (secondary N) is 1. The van der Waals surface area contributed by atoms with Crippen LogP contribution < -0.4 is 15.6 Å². The third-order valence-electron chi connectivity index (χ3n) is 5.24. The lowest BCUT2D eigenvalue weighted by molar-refractivity contribution is 0.0696. The summed E-state index contributed by atoms with van der Waals surface area (Å²) in [6.45, 7) is 7.44. The number of rotatable bonds is 5. The van der Waals surface area contributed by atoms with Crippen LogP contribution in [-0.2, 0) is 7.05 Å². The zero-order valence-corrected chi connectivity index (χ0v) is 18.0. The highest BCUT2D eigenvalue weighted by Gasteiger charge is 2.23. The number of amides is 2. The lowest BCUT2D eigenvalue weighted by Crippen LogP contribution is -2.38. The van der Waals surface area contributed by atoms with Crippen LogP contribution >= 0.6 is 0 Å². The molecule has 1 N–H and O–H groups in total. The second kappa shape index (κ2) is 9.15. The van der Waals surface area contributed by atoms with Gasteiger partial charge in [0, 0.05) is 31.9 Å². The van der Waals surface area contributed by atoms with Crippen LogP contribution in [0.2, 0.25) is 0 Å². The van der Waals surface area contributed by atoms with Gasteiger partial charge < -0.3 is 19.5 Å². The maximum absolute atomic E-state index is 12.9. The van der Waals surface area contributed by atoms with Crippen molar-refractivity contribution in [1.82, 2.24) is 9.47 Å². The lowest BCUT2D eigenvalue weighted by atomic mass is 9.99. The van der Waals surface area contributed by atoms with E-state index in [4.69, 9.17) is 4.74 Å². The molecule has 7 heteroatoms. The quantitative estimate of drug-likeness (QED) is 0.819. The number of piperidine rings is 1. The Morgan fingerprint density at radius 2 is 1.73 bits per heavy atom. The van der Waals surface area contributed by atoms with E-state index in [0.29, 0.717) is 35.9 Å². The van der Waals surface area contributed by atoms with Crippen molar-refractivity contribution in [3.8, 4) is 5.75 Å². The minimum absolute atomic E-state index is 0.0380. The van der Waals surface area contributed by atoms with Gasteiger partial charge in [-0.3, -0.25) is 14.4 Å². The third-order valence-corrected chi connectivity index (χ3v) is 5.24. The number of carbonyl (C=O) groups is 2. The van der Waals surface area contributed by atoms with Gasteiger partial charge in [0.15, 0.2) is 0 Å². The van der Waals surface area contributed by atoms with Gasteiger partial charge in [-0.15, -0.1) is 0 Å². The van der Waals surface area contributed by atoms with Gasteiger partial charge in [0.1, 0.15) is 11.4 Å². The summed E-state index contributed by atoms with van der Waals surface area (Å²) in [5.74, 6) is 0.741. The summed E-state index contributed by atoms with van der Waals surface area (Å²) < 4.78 is 6.91. The molecule has 0 spiro atoms. The molecule has 0 bridgehead atoms. The molecule has 1 aromatic carbocycles. The minimum atomic E-state index is -0.417. The summed E-state index contributed by atoms with van der Waals surface area (Å²) in [6, 6.07) is 8.17. The fraction of sp³-hybridized carbons (Fsp3) is 0.435. The summed E-state index contributed by atoms with van der Waals surface area (Å²) in [5, 5.41) is 2.65. The second-order valence-electron chi connectivity index (χ2n) is 8.18. The number of likely N-dealkylation sites (tertiary alicyclic amines) is 1. The van der Waals surface area contributed by atoms with Crippen LogP contribution in [0.4, 0.5) is 5.69 Å². The molecule has 0 unspecified atom stereocenters. The summed E-state index contributed by atoms with van der Waals surface area (Å²) in [5.41, 5.74) is 0.505. The molecule has 1 fully saturated rings. The first kappa shape index (κ1) is 21.6. The van der Waals surface area contributed by atoms with Crippen molar-refractivity contribution in [2.75, 3.05) is 18.4 Å². The van der Waals surface area contributed by atoms with Crippen molar-refractivity contribution in [2.45, 2.75) is 39.7 Å². The van der Waals surface area contributed by atoms with Gasteiger partial charge in [0.2, 0.25) is 0 Å². The predicted octanol–water partition coefficient (Wildman–Crippen LogP) is 3.30. The maximum atomic E-state index is 12.9. The van der Waals surface area contributed by atoms with E-state index in [1.165, 1.54) is 16.8 Å². The second-order valence-corrected chi connectivity index (χ2v) is 8.18. The van der Waals surface area contributed by atoms with Crippen LogP contribution in [0.3, 0.4) is 0 Å². The van der Waals surface area contributed by atoms with E-state index in [-0.39, 0.29) is 23.3 Å². The van der Waals surface area contributed by atoms with E-state index < -0.39 is 5.91 Å². The number of carbonyl (C=O) groups excluding carboxylic acids is 2. The Balaban J connectivity index is 1.78. The van der Waals surface area contributed by atoms with Crippen molar-refractivity contribution in [3.05, 3.63) is 58.0 Å². The molecule has 1 aliphatic rings. The van der Waals surface area contributed by atoms with Crippen molar-refractivity contribution in [3.63, 3.8) is 0 Å². The Bertz CT molecular complexity index is 971. The number of pyridine rings is 1. The first-order valence-corrected chi connectivity index (χ1v) is 10.3. The Morgan fingerprint density at radius 1 is 1.10 bits per heavy atom. The topological polar surface area (TPSA) is 80.6 Å². The number of benzene rings is 1. The van der Waals surface area contributed by atoms with E-state index in [1.54, 1.807) is 36.2 Å². The first-order valence-electron chi connectivity index (χ1n) is 10.3. The summed E-state index contributed by atoms with van der Waals surface area (Å²) in [4.78, 5) is 39.8. The number of aromatic nitrogens is 1. The van der Waals surface area contributed by atoms with Gasteiger partial charge >= 0.3 is 0 Å². The molecular weight excluding hydrogens is 382 g/mol. The van der Waals surface area contributed by atoms with Crippen LogP contribution in [0, 0.1) is 5.92 Å². The zero-order chi connectivity index (χ0) is 21.8. The molecular formula is C23H29N3O4. The van der Waals surface area contributed by atoms with Crippen LogP contribution in [0.25, 0.3) is 0 Å². The highest BCUT2D eigenvalue weighted by Crippen LogP contribution is 2.19. The Morgan fingerprint density at radius 3 is 2.33 bits per heavy atom. The van der Waals surface area contributed by atoms with Gasteiger partial charge in [-0.1, -0.05) is 6.92 Å². The van der Waals surface area contributed by atoms with Crippen molar-refractivity contribution in [2.24, 2.45) is 13.0 Å². The lowest BCUT2D eigenvalue weighted by Gasteiger charge is -2.30. The summed E-state index contributed by atoms with van der Waals surface area (Å²) in [7, 11) is 1.57. The number of ether oxygens (including phenoxy) is 1. The maximum Gasteiger partial charge on any atom is 0.274 e. The number of hydrogen-bond acceptors (Lipinski definition) is 4. The fourth-order valence-electron chi connectivity index (χ4n) is 3.46. The van der Waals surface area contributed by atoms with E-state index >= 15 is 0 Å². The number of hydrogen-bond donors (Lipinski definition) is 1. The van der Waals surface area contributed by atoms with Crippen LogP contribution in [0.1, 0.15) is 54.3 Å². The molecule has 2 aromatic rings. The molecule has 160 valence electrons. The fourth-order valence-corrected chi connectivity index (χ4v) is 3.46. The van der Waals surface area contributed by atoms with Gasteiger partial charge in [0.25, 0.3) is 17.4 Å². The molecule has 2 heterocycles. The molecule has 2 amide bonds. The average Bonchev–Trinajstić information content (AvgIpc) is 2.71. The molecule has 7 nitrogen and oxygen atoms in total. The van der Waals surface area contributed by atoms with Gasteiger partial charge in [0.05, 0.1) is 11.7 Å². The molecule has 1 aliphatic heterocycles. The largest absolute Gasteiger partial charge is 0.491 e. The Kier molecular flexibility index (Phi) is 6.59. The highest BCUT2D eigenvalue weighted by atomic mass is 16.5. The normalized spacial score (nSPS) is 14.6. The van der Waals surface area contributed by atoms with Crippen molar-refractivity contribution < 1.29 is 14.3 Å². The minimum Gasteiger partial charge on any atom is -0.491 e. The molecule has 1 aromatic heterocycles. The first-order chi connectivity index (χ1) is 14.2. The molecule has 0 aliphatic carbocycles. The number of aryl methyl sites for hydroxylation is 1. The van der Waals surface area contributed by atoms with Gasteiger partial charge in [-0.2, -0.15) is 0 Å². The number of anilines is 1. The number of nitrogens with zero attached hydrogens (tertiary/aromatic N) is 2. The predicted molar refractivity (Wildman–Crippen MR) is 116 cm³/mol. The zero-order valence-electron chi connectivity index (χ0n) is 18.0. The molecule has 30 heavy (non-hydrogen) atoms. The monoisotopic (exact) mass is 411 g/mol. The van der Waals surface area contributed by atoms with E-state index in [1.807, 2.05) is 13.8 Å². The SMILES string of the molecule is CC1CCN(C(=O)c2cc(NC(=O)c3ccc(OC(C)C)cc3)c(=O)n(C)c2)CC1. The Hall–Kier alpha value is -3.09. The van der Waals surface area contributed by atoms with Gasteiger partial charge in [-0.05, 0) is 62.9 Å². The molecule has 0 atom stereocenters. The molecule has 0 saturated carbocycles. The van der Waals surface area contributed by atoms with Crippen LogP contribution in [-0.4, -0.2) is 40.5 Å². The van der Waals surface area contributed by atoms with Crippen molar-refractivity contribution in [1.29, 1.82) is 0 Å². The molecule has 3 rings (SSSR count). The summed E-state index contributed by atoms with van der Waals surface area (Å²) in [6.07, 6.45) is 3.50. The van der Waals surface area contributed by atoms with Gasteiger partial charge in [-0.25, -0.2) is 0 Å². The average molecular weight is 412 g/mol. The van der Waals surface area contributed by atoms with E-state index in [0.717, 1.165) is 12.8 Å². The molecule has 1 saturated heterocycles. The highest BCUT2D eigenvalue weighted by molar-refractivity contribution is 6.05. The standard InChI is InChI=1S/C23H29N3O4/c1-15(2)30-19-7-5-17(6-8-19)21(27)24-20-13-18(14-25(4)23(20)29)22(28)26-11-9-16(3)10-12-26/h5-8,13-16H,9-12H2,1-4H3,(H,24,27). The molecule has 0 radical (unpaired) electrons. The van der Waals surface area contributed by atoms with Crippen LogP contribution in [0.15, 0.2) is 41.3 Å². The van der Waals surface area contributed by atoms with E-state index in [2.05, 4.69) is 12.2 Å². The van der Waals surface area contributed by atoms with Crippen molar-refractivity contribution >= 4 is 17.5 Å².